The van der Waals surface area contributed by atoms with Gasteiger partial charge in [0.15, 0.2) is 0 Å². The summed E-state index contributed by atoms with van der Waals surface area (Å²) in [6.45, 7) is 15.1. The van der Waals surface area contributed by atoms with Gasteiger partial charge in [-0.3, -0.25) is 0 Å². The monoisotopic (exact) mass is 300 g/mol. The Labute approximate surface area is 131 Å². The first-order chi connectivity index (χ1) is 9.69. The zero-order valence-corrected chi connectivity index (χ0v) is 15.1. The lowest BCUT2D eigenvalue weighted by Gasteiger charge is -2.28. The molecule has 21 heavy (non-hydrogen) atoms. The summed E-state index contributed by atoms with van der Waals surface area (Å²) in [6.07, 6.45) is 4.41. The second-order valence-corrected chi connectivity index (χ2v) is 7.18. The van der Waals surface area contributed by atoms with Crippen LogP contribution < -0.4 is 10.6 Å². The molecule has 0 aromatic rings. The molecular weight excluding hydrogens is 264 g/mol. The Kier molecular flexibility index (Phi) is 9.67. The molecule has 126 valence electrons. The minimum Gasteiger partial charge on any atom is -0.444 e. The van der Waals surface area contributed by atoms with E-state index in [-0.39, 0.29) is 12.1 Å². The van der Waals surface area contributed by atoms with Gasteiger partial charge in [0.25, 0.3) is 0 Å². The van der Waals surface area contributed by atoms with Crippen LogP contribution in [0.5, 0.6) is 0 Å². The predicted molar refractivity (Wildman–Crippen MR) is 89.6 cm³/mol. The van der Waals surface area contributed by atoms with E-state index in [0.29, 0.717) is 12.0 Å². The molecule has 0 radical (unpaired) electrons. The Hall–Kier alpha value is -0.770. The SMILES string of the molecule is CCCC(CCC)NCC(NC(=O)OC(C)(C)C)C(C)C. The van der Waals surface area contributed by atoms with Crippen LogP contribution in [0.25, 0.3) is 0 Å². The van der Waals surface area contributed by atoms with Crippen molar-refractivity contribution in [2.45, 2.75) is 91.8 Å². The summed E-state index contributed by atoms with van der Waals surface area (Å²) in [4.78, 5) is 11.9. The van der Waals surface area contributed by atoms with Gasteiger partial charge in [-0.15, -0.1) is 0 Å². The first-order valence-electron chi connectivity index (χ1n) is 8.42. The average molecular weight is 300 g/mol. The molecule has 1 amide bonds. The zero-order chi connectivity index (χ0) is 16.5. The van der Waals surface area contributed by atoms with Crippen molar-refractivity contribution in [2.75, 3.05) is 6.54 Å². The smallest absolute Gasteiger partial charge is 0.407 e. The lowest BCUT2D eigenvalue weighted by Crippen LogP contribution is -2.48. The van der Waals surface area contributed by atoms with E-state index in [1.165, 1.54) is 25.7 Å². The van der Waals surface area contributed by atoms with Crippen molar-refractivity contribution in [1.82, 2.24) is 10.6 Å². The van der Waals surface area contributed by atoms with Gasteiger partial charge in [0.2, 0.25) is 0 Å². The Balaban J connectivity index is 4.38. The third-order valence-corrected chi connectivity index (χ3v) is 3.41. The lowest BCUT2D eigenvalue weighted by molar-refractivity contribution is 0.0489. The van der Waals surface area contributed by atoms with E-state index in [1.807, 2.05) is 20.8 Å². The van der Waals surface area contributed by atoms with E-state index in [0.717, 1.165) is 6.54 Å². The Morgan fingerprint density at radius 1 is 1.10 bits per heavy atom. The highest BCUT2D eigenvalue weighted by Crippen LogP contribution is 2.10. The molecule has 2 N–H and O–H groups in total. The van der Waals surface area contributed by atoms with Crippen LogP contribution in [0, 0.1) is 5.92 Å². The van der Waals surface area contributed by atoms with Crippen molar-refractivity contribution in [2.24, 2.45) is 5.92 Å². The first kappa shape index (κ1) is 20.2. The van der Waals surface area contributed by atoms with Crippen LogP contribution in [0.2, 0.25) is 0 Å². The standard InChI is InChI=1S/C17H36N2O2/c1-8-10-14(11-9-2)18-12-15(13(3)4)19-16(20)21-17(5,6)7/h13-15,18H,8-12H2,1-7H3,(H,19,20). The van der Waals surface area contributed by atoms with Crippen LogP contribution in [0.15, 0.2) is 0 Å². The summed E-state index contributed by atoms with van der Waals surface area (Å²) in [7, 11) is 0. The first-order valence-corrected chi connectivity index (χ1v) is 8.42. The van der Waals surface area contributed by atoms with E-state index in [1.54, 1.807) is 0 Å². The number of carbonyl (C=O) groups is 1. The molecule has 0 heterocycles. The Morgan fingerprint density at radius 2 is 1.62 bits per heavy atom. The van der Waals surface area contributed by atoms with Crippen LogP contribution in [0.4, 0.5) is 4.79 Å². The maximum absolute atomic E-state index is 11.9. The fourth-order valence-corrected chi connectivity index (χ4v) is 2.25. The van der Waals surface area contributed by atoms with Gasteiger partial charge in [-0.1, -0.05) is 40.5 Å². The topological polar surface area (TPSA) is 50.4 Å². The number of ether oxygens (including phenoxy) is 1. The van der Waals surface area contributed by atoms with Crippen molar-refractivity contribution < 1.29 is 9.53 Å². The van der Waals surface area contributed by atoms with Gasteiger partial charge in [-0.2, -0.15) is 0 Å². The molecule has 0 saturated carbocycles. The molecule has 0 aliphatic rings. The van der Waals surface area contributed by atoms with Crippen molar-refractivity contribution in [1.29, 1.82) is 0 Å². The number of hydrogen-bond donors (Lipinski definition) is 2. The van der Waals surface area contributed by atoms with Crippen LogP contribution in [-0.4, -0.2) is 30.3 Å². The maximum Gasteiger partial charge on any atom is 0.407 e. The number of alkyl carbamates (subject to hydrolysis) is 1. The lowest BCUT2D eigenvalue weighted by atomic mass is 10.0. The highest BCUT2D eigenvalue weighted by atomic mass is 16.6. The number of amides is 1. The fraction of sp³-hybridized carbons (Fsp3) is 0.941. The molecule has 0 bridgehead atoms. The molecule has 0 aromatic heterocycles. The molecule has 0 saturated heterocycles. The summed E-state index contributed by atoms with van der Waals surface area (Å²) < 4.78 is 5.34. The van der Waals surface area contributed by atoms with E-state index >= 15 is 0 Å². The number of carbonyl (C=O) groups excluding carboxylic acids is 1. The van der Waals surface area contributed by atoms with E-state index in [4.69, 9.17) is 4.74 Å². The van der Waals surface area contributed by atoms with E-state index in [9.17, 15) is 4.79 Å². The summed E-state index contributed by atoms with van der Waals surface area (Å²) >= 11 is 0. The van der Waals surface area contributed by atoms with Gasteiger partial charge in [-0.05, 0) is 39.5 Å². The van der Waals surface area contributed by atoms with Gasteiger partial charge in [-0.25, -0.2) is 4.79 Å². The van der Waals surface area contributed by atoms with Gasteiger partial charge >= 0.3 is 6.09 Å². The molecule has 1 atom stereocenters. The van der Waals surface area contributed by atoms with Gasteiger partial charge in [0.05, 0.1) is 0 Å². The van der Waals surface area contributed by atoms with Crippen molar-refractivity contribution in [3.63, 3.8) is 0 Å². The fourth-order valence-electron chi connectivity index (χ4n) is 2.25. The summed E-state index contributed by atoms with van der Waals surface area (Å²) in [5, 5.41) is 6.59. The Bertz CT molecular complexity index is 279. The van der Waals surface area contributed by atoms with Gasteiger partial charge in [0.1, 0.15) is 5.60 Å². The van der Waals surface area contributed by atoms with Crippen LogP contribution >= 0.6 is 0 Å². The molecule has 4 heteroatoms. The van der Waals surface area contributed by atoms with E-state index < -0.39 is 5.60 Å². The van der Waals surface area contributed by atoms with Gasteiger partial charge < -0.3 is 15.4 Å². The molecule has 0 aliphatic heterocycles. The van der Waals surface area contributed by atoms with Crippen LogP contribution in [0.3, 0.4) is 0 Å². The number of hydrogen-bond acceptors (Lipinski definition) is 3. The maximum atomic E-state index is 11.9. The minimum absolute atomic E-state index is 0.0936. The van der Waals surface area contributed by atoms with Crippen LogP contribution in [-0.2, 0) is 4.74 Å². The molecule has 0 rings (SSSR count). The third-order valence-electron chi connectivity index (χ3n) is 3.41. The van der Waals surface area contributed by atoms with Crippen LogP contribution in [0.1, 0.15) is 74.1 Å². The van der Waals surface area contributed by atoms with Crippen molar-refractivity contribution in [3.8, 4) is 0 Å². The predicted octanol–water partition coefficient (Wildman–Crippen LogP) is 4.09. The number of rotatable bonds is 9. The molecule has 0 aromatic carbocycles. The average Bonchev–Trinajstić information content (AvgIpc) is 2.32. The molecule has 4 nitrogen and oxygen atoms in total. The van der Waals surface area contributed by atoms with Gasteiger partial charge in [0, 0.05) is 18.6 Å². The molecule has 0 fully saturated rings. The number of nitrogens with one attached hydrogen (secondary N) is 2. The minimum atomic E-state index is -0.452. The second kappa shape index (κ2) is 10.0. The third kappa shape index (κ3) is 10.6. The zero-order valence-electron chi connectivity index (χ0n) is 15.1. The Morgan fingerprint density at radius 3 is 2.00 bits per heavy atom. The summed E-state index contributed by atoms with van der Waals surface area (Å²) in [5.74, 6) is 0.369. The molecular formula is C17H36N2O2. The highest BCUT2D eigenvalue weighted by Gasteiger charge is 2.22. The van der Waals surface area contributed by atoms with E-state index in [2.05, 4.69) is 38.3 Å². The summed E-state index contributed by atoms with van der Waals surface area (Å²) in [6, 6.07) is 0.637. The van der Waals surface area contributed by atoms with Crippen molar-refractivity contribution in [3.05, 3.63) is 0 Å². The molecule has 0 aliphatic carbocycles. The van der Waals surface area contributed by atoms with Crippen molar-refractivity contribution >= 4 is 6.09 Å². The largest absolute Gasteiger partial charge is 0.444 e. The highest BCUT2D eigenvalue weighted by molar-refractivity contribution is 5.68. The molecule has 0 spiro atoms. The normalized spacial score (nSPS) is 13.6. The quantitative estimate of drug-likeness (QED) is 0.674. The second-order valence-electron chi connectivity index (χ2n) is 7.18. The summed E-state index contributed by atoms with van der Waals surface area (Å²) in [5.41, 5.74) is -0.452. The molecule has 1 unspecified atom stereocenters.